The van der Waals surface area contributed by atoms with Crippen LogP contribution in [0.3, 0.4) is 0 Å². The summed E-state index contributed by atoms with van der Waals surface area (Å²) in [5.41, 5.74) is 0.724. The van der Waals surface area contributed by atoms with Crippen molar-refractivity contribution in [1.29, 1.82) is 0 Å². The van der Waals surface area contributed by atoms with Gasteiger partial charge in [0.2, 0.25) is 5.88 Å². The van der Waals surface area contributed by atoms with E-state index < -0.39 is 0 Å². The third-order valence-electron chi connectivity index (χ3n) is 3.19. The molecule has 0 saturated carbocycles. The highest BCUT2D eigenvalue weighted by Gasteiger charge is 2.12. The minimum Gasteiger partial charge on any atom is -0.437 e. The van der Waals surface area contributed by atoms with Gasteiger partial charge in [0.25, 0.3) is 0 Å². The quantitative estimate of drug-likeness (QED) is 0.567. The van der Waals surface area contributed by atoms with Gasteiger partial charge in [-0.05, 0) is 46.6 Å². The monoisotopic (exact) mass is 362 g/mol. The number of hydrogen-bond acceptors (Lipinski definition) is 3. The summed E-state index contributed by atoms with van der Waals surface area (Å²) >= 11 is 9.68. The zero-order valence-corrected chi connectivity index (χ0v) is 13.9. The Morgan fingerprint density at radius 1 is 1.05 bits per heavy atom. The molecule has 1 aromatic heterocycles. The standard InChI is InChI=1S/C16H12BrClN2O/c1-9-15(18)19-10(2)20-16(9)21-13-8-7-11-5-3-4-6-12(11)14(13)17/h3-8H,1-2H3. The van der Waals surface area contributed by atoms with Gasteiger partial charge in [0, 0.05) is 5.56 Å². The predicted octanol–water partition coefficient (Wildman–Crippen LogP) is 5.45. The Morgan fingerprint density at radius 2 is 1.81 bits per heavy atom. The van der Waals surface area contributed by atoms with Gasteiger partial charge in [-0.15, -0.1) is 0 Å². The largest absolute Gasteiger partial charge is 0.437 e. The van der Waals surface area contributed by atoms with Gasteiger partial charge in [0.05, 0.1) is 4.47 Å². The van der Waals surface area contributed by atoms with E-state index >= 15 is 0 Å². The maximum Gasteiger partial charge on any atom is 0.227 e. The Morgan fingerprint density at radius 3 is 2.62 bits per heavy atom. The molecule has 0 radical (unpaired) electrons. The third kappa shape index (κ3) is 2.74. The third-order valence-corrected chi connectivity index (χ3v) is 4.37. The Balaban J connectivity index is 2.08. The van der Waals surface area contributed by atoms with Gasteiger partial charge in [-0.1, -0.05) is 41.9 Å². The van der Waals surface area contributed by atoms with E-state index in [2.05, 4.69) is 32.0 Å². The van der Waals surface area contributed by atoms with E-state index in [1.807, 2.05) is 37.3 Å². The number of nitrogens with zero attached hydrogens (tertiary/aromatic N) is 2. The van der Waals surface area contributed by atoms with Crippen molar-refractivity contribution in [3.05, 3.63) is 57.4 Å². The van der Waals surface area contributed by atoms with E-state index in [1.54, 1.807) is 6.92 Å². The maximum atomic E-state index is 6.08. The molecule has 0 saturated heterocycles. The van der Waals surface area contributed by atoms with Crippen molar-refractivity contribution in [3.63, 3.8) is 0 Å². The highest BCUT2D eigenvalue weighted by atomic mass is 79.9. The lowest BCUT2D eigenvalue weighted by Gasteiger charge is -2.12. The average Bonchev–Trinajstić information content (AvgIpc) is 2.47. The zero-order chi connectivity index (χ0) is 15.0. The molecule has 0 N–H and O–H groups in total. The summed E-state index contributed by atoms with van der Waals surface area (Å²) < 4.78 is 6.82. The van der Waals surface area contributed by atoms with E-state index in [1.165, 1.54) is 0 Å². The van der Waals surface area contributed by atoms with Crippen LogP contribution in [0.15, 0.2) is 40.9 Å². The second-order valence-electron chi connectivity index (χ2n) is 4.69. The number of hydrogen-bond donors (Lipinski definition) is 0. The van der Waals surface area contributed by atoms with Crippen molar-refractivity contribution >= 4 is 38.3 Å². The molecule has 0 bridgehead atoms. The molecule has 0 aliphatic heterocycles. The summed E-state index contributed by atoms with van der Waals surface area (Å²) in [5.74, 6) is 1.76. The molecule has 0 amide bonds. The van der Waals surface area contributed by atoms with E-state index in [9.17, 15) is 0 Å². The molecular weight excluding hydrogens is 352 g/mol. The predicted molar refractivity (Wildman–Crippen MR) is 88.2 cm³/mol. The van der Waals surface area contributed by atoms with Crippen molar-refractivity contribution in [2.24, 2.45) is 0 Å². The number of ether oxygens (including phenoxy) is 1. The summed E-state index contributed by atoms with van der Waals surface area (Å²) in [6, 6.07) is 12.0. The molecule has 0 fully saturated rings. The Labute approximate surface area is 136 Å². The van der Waals surface area contributed by atoms with Crippen LogP contribution in [-0.2, 0) is 0 Å². The number of rotatable bonds is 2. The summed E-state index contributed by atoms with van der Waals surface area (Å²) in [6.45, 7) is 3.62. The fourth-order valence-electron chi connectivity index (χ4n) is 2.07. The van der Waals surface area contributed by atoms with Crippen LogP contribution in [-0.4, -0.2) is 9.97 Å². The fraction of sp³-hybridized carbons (Fsp3) is 0.125. The van der Waals surface area contributed by atoms with Crippen LogP contribution in [0.5, 0.6) is 11.6 Å². The lowest BCUT2D eigenvalue weighted by Crippen LogP contribution is -1.98. The second kappa shape index (κ2) is 5.62. The number of aromatic nitrogens is 2. The van der Waals surface area contributed by atoms with Crippen molar-refractivity contribution in [2.75, 3.05) is 0 Å². The topological polar surface area (TPSA) is 35.0 Å². The maximum absolute atomic E-state index is 6.08. The Bertz CT molecular complexity index is 836. The first-order valence-corrected chi connectivity index (χ1v) is 7.59. The van der Waals surface area contributed by atoms with Crippen LogP contribution >= 0.6 is 27.5 Å². The highest BCUT2D eigenvalue weighted by Crippen LogP contribution is 2.36. The number of aryl methyl sites for hydroxylation is 1. The van der Waals surface area contributed by atoms with Crippen LogP contribution in [0, 0.1) is 13.8 Å². The van der Waals surface area contributed by atoms with Crippen molar-refractivity contribution in [3.8, 4) is 11.6 Å². The van der Waals surface area contributed by atoms with Gasteiger partial charge in [-0.25, -0.2) is 4.98 Å². The summed E-state index contributed by atoms with van der Waals surface area (Å²) in [6.07, 6.45) is 0. The van der Waals surface area contributed by atoms with Gasteiger partial charge in [0.1, 0.15) is 16.7 Å². The van der Waals surface area contributed by atoms with Crippen molar-refractivity contribution in [1.82, 2.24) is 9.97 Å². The minimum atomic E-state index is 0.411. The van der Waals surface area contributed by atoms with Gasteiger partial charge >= 0.3 is 0 Å². The Kier molecular flexibility index (Phi) is 3.83. The van der Waals surface area contributed by atoms with E-state index in [-0.39, 0.29) is 0 Å². The van der Waals surface area contributed by atoms with Crippen LogP contribution < -0.4 is 4.74 Å². The van der Waals surface area contributed by atoms with Crippen LogP contribution in [0.4, 0.5) is 0 Å². The smallest absolute Gasteiger partial charge is 0.227 e. The normalized spacial score (nSPS) is 10.9. The molecule has 2 aromatic carbocycles. The van der Waals surface area contributed by atoms with E-state index in [0.29, 0.717) is 22.6 Å². The molecule has 0 aliphatic carbocycles. The molecule has 0 atom stereocenters. The lowest BCUT2D eigenvalue weighted by molar-refractivity contribution is 0.453. The first-order chi connectivity index (χ1) is 10.1. The molecule has 5 heteroatoms. The number of benzene rings is 2. The molecule has 1 heterocycles. The molecule has 106 valence electrons. The van der Waals surface area contributed by atoms with Gasteiger partial charge < -0.3 is 4.74 Å². The molecular formula is C16H12BrClN2O. The van der Waals surface area contributed by atoms with Crippen LogP contribution in [0.25, 0.3) is 10.8 Å². The average molecular weight is 364 g/mol. The van der Waals surface area contributed by atoms with Crippen LogP contribution in [0.1, 0.15) is 11.4 Å². The first-order valence-electron chi connectivity index (χ1n) is 6.42. The fourth-order valence-corrected chi connectivity index (χ4v) is 2.84. The van der Waals surface area contributed by atoms with E-state index in [4.69, 9.17) is 16.3 Å². The summed E-state index contributed by atoms with van der Waals surface area (Å²) in [7, 11) is 0. The SMILES string of the molecule is Cc1nc(Cl)c(C)c(Oc2ccc3ccccc3c2Br)n1. The van der Waals surface area contributed by atoms with Crippen LogP contribution in [0.2, 0.25) is 5.15 Å². The summed E-state index contributed by atoms with van der Waals surface area (Å²) in [4.78, 5) is 8.42. The van der Waals surface area contributed by atoms with Gasteiger partial charge in [0.15, 0.2) is 0 Å². The highest BCUT2D eigenvalue weighted by molar-refractivity contribution is 9.10. The van der Waals surface area contributed by atoms with Gasteiger partial charge in [-0.3, -0.25) is 0 Å². The second-order valence-corrected chi connectivity index (χ2v) is 5.84. The minimum absolute atomic E-state index is 0.411. The molecule has 21 heavy (non-hydrogen) atoms. The molecule has 0 spiro atoms. The molecule has 0 aliphatic rings. The lowest BCUT2D eigenvalue weighted by atomic mass is 10.1. The molecule has 3 aromatic rings. The Hall–Kier alpha value is -1.65. The molecule has 3 nitrogen and oxygen atoms in total. The van der Waals surface area contributed by atoms with Crippen molar-refractivity contribution in [2.45, 2.75) is 13.8 Å². The number of halogens is 2. The summed E-state index contributed by atoms with van der Waals surface area (Å²) in [5, 5.41) is 2.64. The molecule has 0 unspecified atom stereocenters. The van der Waals surface area contributed by atoms with Crippen molar-refractivity contribution < 1.29 is 4.74 Å². The zero-order valence-electron chi connectivity index (χ0n) is 11.5. The number of fused-ring (bicyclic) bond motifs is 1. The molecule has 3 rings (SSSR count). The van der Waals surface area contributed by atoms with Gasteiger partial charge in [-0.2, -0.15) is 4.98 Å². The first kappa shape index (κ1) is 14.3. The van der Waals surface area contributed by atoms with E-state index in [0.717, 1.165) is 20.8 Å².